The van der Waals surface area contributed by atoms with Crippen molar-refractivity contribution in [1.29, 1.82) is 0 Å². The van der Waals surface area contributed by atoms with Gasteiger partial charge in [-0.2, -0.15) is 0 Å². The van der Waals surface area contributed by atoms with Gasteiger partial charge in [0.15, 0.2) is 0 Å². The van der Waals surface area contributed by atoms with Crippen molar-refractivity contribution in [2.45, 2.75) is 103 Å². The molecule has 426 valence electrons. The number of sulfonamides is 2. The maximum atomic E-state index is 13.5. The van der Waals surface area contributed by atoms with E-state index in [1.165, 1.54) is 103 Å². The molecule has 2 heterocycles. The van der Waals surface area contributed by atoms with Crippen molar-refractivity contribution in [3.63, 3.8) is 0 Å². The number of carbonyl (C=O) groups excluding carboxylic acids is 2. The fraction of sp³-hybridized carbons (Fsp3) is 0.357. The summed E-state index contributed by atoms with van der Waals surface area (Å²) in [7, 11) is -4.67. The molecule has 4 aromatic carbocycles. The van der Waals surface area contributed by atoms with Crippen molar-refractivity contribution in [2.24, 2.45) is 5.73 Å². The molecule has 5 atom stereocenters. The number of aromatic nitrogens is 4. The van der Waals surface area contributed by atoms with Crippen LogP contribution in [0.2, 0.25) is 0 Å². The number of aliphatic hydroxyl groups excluding tert-OH is 4. The van der Waals surface area contributed by atoms with Crippen molar-refractivity contribution in [1.82, 2.24) is 19.9 Å². The van der Waals surface area contributed by atoms with Crippen LogP contribution in [0.5, 0.6) is 0 Å². The second kappa shape index (κ2) is 30.8. The molecule has 1 unspecified atom stereocenters. The SMILES string of the molecule is CC(C)c1nc(N(C)S(C)(=O)=O)nc(-c2ccc(F)cc2)c1C=C[C@@H](O)C[C@@H](O)CC(=O)[O-].CC(C)c1nc(N(C)S(C)(=O)=O)nc(-c2ccc(F)cc2)c1C=C[C@@H](O)C[C@@H](O)CC(=O)[O-].CC(N)c1cccc2ccccc12.[Ca+2]. The standard InChI is InChI=1S/2C22H28FN3O6S.C12H13N.Ca/c2*1-13(2)20-18(10-9-16(27)11-17(28)12-19(29)30)21(14-5-7-15(23)8-6-14)25-22(24-20)26(3)33(4,31)32;1-9(13)11-8-4-6-10-5-2-3-7-12(10)11;/h2*5-10,13,16-17,27-28H,11-12H2,1-4H3,(H,29,30);2-9H,13H2,1H3;/q;;;+2/p-2/t2*16-,17-;;/m11../s1. The van der Waals surface area contributed by atoms with Crippen LogP contribution in [0, 0.1) is 11.6 Å². The Morgan fingerprint density at radius 3 is 1.30 bits per heavy atom. The first-order valence-electron chi connectivity index (χ1n) is 24.8. The van der Waals surface area contributed by atoms with Crippen LogP contribution in [0.1, 0.15) is 106 Å². The Bertz CT molecular complexity index is 3150. The monoisotopic (exact) mass is 1170 g/mol. The van der Waals surface area contributed by atoms with Crippen LogP contribution < -0.4 is 24.6 Å². The summed E-state index contributed by atoms with van der Waals surface area (Å²) in [5, 5.41) is 63.7. The van der Waals surface area contributed by atoms with Gasteiger partial charge in [-0.15, -0.1) is 0 Å². The molecule has 0 radical (unpaired) electrons. The van der Waals surface area contributed by atoms with Gasteiger partial charge in [0.1, 0.15) is 11.6 Å². The van der Waals surface area contributed by atoms with Crippen molar-refractivity contribution in [2.75, 3.05) is 35.2 Å². The molecule has 80 heavy (non-hydrogen) atoms. The summed E-state index contributed by atoms with van der Waals surface area (Å²) in [5.74, 6) is -4.28. The minimum atomic E-state index is -3.66. The number of aliphatic carboxylic acids is 2. The van der Waals surface area contributed by atoms with Gasteiger partial charge in [-0.05, 0) is 83.6 Å². The third kappa shape index (κ3) is 20.6. The van der Waals surface area contributed by atoms with Crippen LogP contribution in [-0.2, 0) is 29.6 Å². The van der Waals surface area contributed by atoms with Crippen LogP contribution in [-0.4, -0.2) is 158 Å². The zero-order valence-electron chi connectivity index (χ0n) is 45.9. The zero-order valence-corrected chi connectivity index (χ0v) is 49.8. The Hall–Kier alpha value is -5.86. The first-order valence-corrected chi connectivity index (χ1v) is 28.5. The first-order chi connectivity index (χ1) is 36.9. The molecule has 6 N–H and O–H groups in total. The summed E-state index contributed by atoms with van der Waals surface area (Å²) >= 11 is 0. The van der Waals surface area contributed by atoms with Crippen LogP contribution >= 0.6 is 0 Å². The molecule has 24 heteroatoms. The van der Waals surface area contributed by atoms with Crippen molar-refractivity contribution < 1.29 is 65.8 Å². The summed E-state index contributed by atoms with van der Waals surface area (Å²) in [6, 6.07) is 25.6. The molecule has 6 aromatic rings. The predicted octanol–water partition coefficient (Wildman–Crippen LogP) is 4.61. The van der Waals surface area contributed by atoms with E-state index >= 15 is 0 Å². The number of rotatable bonds is 21. The summed E-state index contributed by atoms with van der Waals surface area (Å²) in [4.78, 5) is 38.9. The maximum absolute atomic E-state index is 13.5. The van der Waals surface area contributed by atoms with E-state index in [-0.39, 0.29) is 80.4 Å². The van der Waals surface area contributed by atoms with E-state index in [2.05, 4.69) is 50.3 Å². The van der Waals surface area contributed by atoms with E-state index in [1.54, 1.807) is 0 Å². The number of anilines is 2. The number of fused-ring (bicyclic) bond motifs is 1. The van der Waals surface area contributed by atoms with Crippen molar-refractivity contribution >= 4 is 105 Å². The largest absolute Gasteiger partial charge is 2.00 e. The van der Waals surface area contributed by atoms with Crippen molar-refractivity contribution in [3.05, 3.63) is 143 Å². The first kappa shape index (κ1) is 68.4. The molecule has 0 saturated heterocycles. The van der Waals surface area contributed by atoms with Gasteiger partial charge < -0.3 is 46.0 Å². The topological polar surface area (TPSA) is 314 Å². The molecule has 0 aliphatic rings. The number of benzene rings is 4. The molecule has 0 aliphatic heterocycles. The number of nitrogens with zero attached hydrogens (tertiary/aromatic N) is 6. The average molecular weight is 1170 g/mol. The number of hydrogen-bond donors (Lipinski definition) is 5. The molecular formula is C56H67CaF2N7O12S2. The van der Waals surface area contributed by atoms with Crippen LogP contribution in [0.15, 0.2) is 103 Å². The second-order valence-corrected chi connectivity index (χ2v) is 23.3. The Kier molecular flexibility index (Phi) is 26.4. The summed E-state index contributed by atoms with van der Waals surface area (Å²) in [5.41, 5.74) is 10.6. The minimum Gasteiger partial charge on any atom is -0.550 e. The molecule has 0 amide bonds. The van der Waals surface area contributed by atoms with Crippen LogP contribution in [0.3, 0.4) is 0 Å². The number of carboxylic acids is 2. The molecule has 0 bridgehead atoms. The zero-order chi connectivity index (χ0) is 59.1. The Balaban J connectivity index is 0.000000339. The fourth-order valence-electron chi connectivity index (χ4n) is 7.72. The quantitative estimate of drug-likeness (QED) is 0.0614. The molecule has 0 spiro atoms. The number of nitrogens with two attached hydrogens (primary N) is 1. The smallest absolute Gasteiger partial charge is 0.550 e. The fourth-order valence-corrected chi connectivity index (χ4v) is 8.48. The van der Waals surface area contributed by atoms with Crippen molar-refractivity contribution in [3.8, 4) is 22.5 Å². The van der Waals surface area contributed by atoms with E-state index in [4.69, 9.17) is 5.73 Å². The maximum Gasteiger partial charge on any atom is 2.00 e. The molecule has 0 aliphatic carbocycles. The van der Waals surface area contributed by atoms with Crippen LogP contribution in [0.4, 0.5) is 20.7 Å². The van der Waals surface area contributed by atoms with Gasteiger partial charge in [-0.25, -0.2) is 54.2 Å². The number of hydrogen-bond acceptors (Lipinski definition) is 17. The van der Waals surface area contributed by atoms with Gasteiger partial charge in [0.05, 0.1) is 59.7 Å². The van der Waals surface area contributed by atoms with E-state index in [9.17, 15) is 65.8 Å². The molecule has 6 rings (SSSR count). The van der Waals surface area contributed by atoms with Gasteiger partial charge in [0.25, 0.3) is 0 Å². The van der Waals surface area contributed by atoms with Gasteiger partial charge in [-0.1, -0.05) is 94.5 Å². The number of carboxylic acid groups (broad SMARTS) is 2. The van der Waals surface area contributed by atoms with Gasteiger partial charge in [0, 0.05) is 80.0 Å². The third-order valence-corrected chi connectivity index (χ3v) is 14.2. The Morgan fingerprint density at radius 1 is 0.600 bits per heavy atom. The normalized spacial score (nSPS) is 13.6. The van der Waals surface area contributed by atoms with Gasteiger partial charge >= 0.3 is 37.7 Å². The molecule has 19 nitrogen and oxygen atoms in total. The Labute approximate surface area is 495 Å². The molecule has 0 fully saturated rings. The summed E-state index contributed by atoms with van der Waals surface area (Å²) in [6.07, 6.45) is 1.16. The van der Waals surface area contributed by atoms with Gasteiger partial charge in [0.2, 0.25) is 31.9 Å². The van der Waals surface area contributed by atoms with E-state index in [1.807, 2.05) is 46.8 Å². The molecule has 2 aromatic heterocycles. The summed E-state index contributed by atoms with van der Waals surface area (Å²) < 4.78 is 77.1. The molecule has 0 saturated carbocycles. The number of halogens is 2. The summed E-state index contributed by atoms with van der Waals surface area (Å²) in [6.45, 7) is 9.40. The minimum absolute atomic E-state index is 0. The average Bonchev–Trinajstić information content (AvgIpc) is 3.36. The second-order valence-electron chi connectivity index (χ2n) is 19.3. The Morgan fingerprint density at radius 2 is 0.963 bits per heavy atom. The van der Waals surface area contributed by atoms with Crippen LogP contribution in [0.25, 0.3) is 45.4 Å². The molecular weight excluding hydrogens is 1100 g/mol. The van der Waals surface area contributed by atoms with E-state index in [0.717, 1.165) is 21.1 Å². The van der Waals surface area contributed by atoms with E-state index < -0.39 is 80.9 Å². The van der Waals surface area contributed by atoms with Gasteiger partial charge in [-0.3, -0.25) is 0 Å². The predicted molar refractivity (Wildman–Crippen MR) is 302 cm³/mol. The number of carbonyl (C=O) groups is 2. The number of aliphatic hydroxyl groups is 4. The van der Waals surface area contributed by atoms with E-state index in [0.29, 0.717) is 45.0 Å². The third-order valence-electron chi connectivity index (χ3n) is 11.9.